The van der Waals surface area contributed by atoms with Gasteiger partial charge in [-0.25, -0.2) is 0 Å². The van der Waals surface area contributed by atoms with Crippen LogP contribution in [0.15, 0.2) is 47.3 Å². The summed E-state index contributed by atoms with van der Waals surface area (Å²) in [6, 6.07) is 9.65. The molecule has 0 radical (unpaired) electrons. The number of nitrogens with zero attached hydrogens (tertiary/aromatic N) is 2. The SMILES string of the molecule is O=C1NCCCCCN(C(=O)c2ccoc2)[C@@H]2C[C@@H](C(=O)N3CCc4ccccc4C3)C[C@H]12. The summed E-state index contributed by atoms with van der Waals surface area (Å²) in [4.78, 5) is 43.7. The van der Waals surface area contributed by atoms with Gasteiger partial charge in [0.05, 0.1) is 17.7 Å². The van der Waals surface area contributed by atoms with E-state index in [9.17, 15) is 14.4 Å². The fraction of sp³-hybridized carbons (Fsp3) is 0.500. The maximum absolute atomic E-state index is 13.5. The molecule has 7 nitrogen and oxygen atoms in total. The number of amides is 3. The highest BCUT2D eigenvalue weighted by molar-refractivity contribution is 5.95. The van der Waals surface area contributed by atoms with E-state index in [1.165, 1.54) is 23.7 Å². The Hall–Kier alpha value is -3.09. The third kappa shape index (κ3) is 4.41. The number of benzene rings is 1. The largest absolute Gasteiger partial charge is 0.472 e. The van der Waals surface area contributed by atoms with Gasteiger partial charge in [0.1, 0.15) is 6.26 Å². The average Bonchev–Trinajstić information content (AvgIpc) is 3.53. The number of rotatable bonds is 2. The van der Waals surface area contributed by atoms with Gasteiger partial charge in [0, 0.05) is 38.1 Å². The van der Waals surface area contributed by atoms with Gasteiger partial charge in [0.15, 0.2) is 0 Å². The molecule has 174 valence electrons. The number of furan rings is 1. The van der Waals surface area contributed by atoms with E-state index in [2.05, 4.69) is 17.4 Å². The highest BCUT2D eigenvalue weighted by Crippen LogP contribution is 2.38. The van der Waals surface area contributed by atoms with Crippen molar-refractivity contribution in [2.45, 2.75) is 51.1 Å². The Balaban J connectivity index is 1.37. The van der Waals surface area contributed by atoms with Crippen molar-refractivity contribution < 1.29 is 18.8 Å². The van der Waals surface area contributed by atoms with Gasteiger partial charge in [-0.3, -0.25) is 14.4 Å². The summed E-state index contributed by atoms with van der Waals surface area (Å²) in [7, 11) is 0. The molecule has 1 saturated carbocycles. The van der Waals surface area contributed by atoms with Gasteiger partial charge in [0.2, 0.25) is 11.8 Å². The Morgan fingerprint density at radius 1 is 1.00 bits per heavy atom. The fourth-order valence-corrected chi connectivity index (χ4v) is 5.68. The molecule has 1 aliphatic carbocycles. The Morgan fingerprint density at radius 2 is 1.85 bits per heavy atom. The van der Waals surface area contributed by atoms with Crippen molar-refractivity contribution in [3.8, 4) is 0 Å². The normalized spacial score (nSPS) is 25.7. The molecule has 3 amide bonds. The molecule has 1 N–H and O–H groups in total. The maximum atomic E-state index is 13.5. The lowest BCUT2D eigenvalue weighted by Crippen LogP contribution is -2.48. The number of carbonyl (C=O) groups excluding carboxylic acids is 3. The molecular formula is C26H31N3O4. The number of fused-ring (bicyclic) bond motifs is 2. The predicted octanol–water partition coefficient (Wildman–Crippen LogP) is 3.00. The van der Waals surface area contributed by atoms with Crippen molar-refractivity contribution in [3.63, 3.8) is 0 Å². The quantitative estimate of drug-likeness (QED) is 0.764. The lowest BCUT2D eigenvalue weighted by atomic mass is 9.97. The summed E-state index contributed by atoms with van der Waals surface area (Å²) in [6.45, 7) is 2.56. The fourth-order valence-electron chi connectivity index (χ4n) is 5.68. The molecule has 3 atom stereocenters. The van der Waals surface area contributed by atoms with Crippen LogP contribution in [0, 0.1) is 11.8 Å². The predicted molar refractivity (Wildman–Crippen MR) is 122 cm³/mol. The van der Waals surface area contributed by atoms with Gasteiger partial charge in [-0.2, -0.15) is 0 Å². The summed E-state index contributed by atoms with van der Waals surface area (Å²) < 4.78 is 5.14. The van der Waals surface area contributed by atoms with Crippen LogP contribution in [-0.2, 0) is 22.6 Å². The minimum Gasteiger partial charge on any atom is -0.472 e. The Kier molecular flexibility index (Phi) is 6.20. The molecule has 33 heavy (non-hydrogen) atoms. The van der Waals surface area contributed by atoms with Gasteiger partial charge in [-0.05, 0) is 55.7 Å². The minimum atomic E-state index is -0.370. The van der Waals surface area contributed by atoms with Crippen molar-refractivity contribution in [3.05, 3.63) is 59.5 Å². The molecular weight excluding hydrogens is 418 g/mol. The summed E-state index contributed by atoms with van der Waals surface area (Å²) in [5, 5.41) is 3.05. The highest BCUT2D eigenvalue weighted by Gasteiger charge is 2.47. The summed E-state index contributed by atoms with van der Waals surface area (Å²) in [5.41, 5.74) is 3.00. The zero-order valence-corrected chi connectivity index (χ0v) is 18.9. The topological polar surface area (TPSA) is 82.9 Å². The van der Waals surface area contributed by atoms with Crippen LogP contribution in [0.25, 0.3) is 0 Å². The van der Waals surface area contributed by atoms with E-state index in [4.69, 9.17) is 4.42 Å². The first kappa shape index (κ1) is 21.7. The zero-order chi connectivity index (χ0) is 22.8. The van der Waals surface area contributed by atoms with E-state index >= 15 is 0 Å². The second-order valence-corrected chi connectivity index (χ2v) is 9.48. The maximum Gasteiger partial charge on any atom is 0.257 e. The first-order chi connectivity index (χ1) is 16.1. The van der Waals surface area contributed by atoms with Crippen LogP contribution in [0.1, 0.15) is 53.6 Å². The summed E-state index contributed by atoms with van der Waals surface area (Å²) in [5.74, 6) is -0.671. The standard InChI is InChI=1S/C26H31N3O4/c30-24-22-14-21(25(31)28-12-8-18-6-2-3-7-19(18)16-28)15-23(22)29(11-5-1-4-10-27-24)26(32)20-9-13-33-17-20/h2-3,6-7,9,13,17,21-23H,1,4-5,8,10-12,14-16H2,(H,27,30)/t21-,22-,23+/m0/s1. The third-order valence-corrected chi connectivity index (χ3v) is 7.46. The lowest BCUT2D eigenvalue weighted by molar-refractivity contribution is -0.136. The van der Waals surface area contributed by atoms with Crippen molar-refractivity contribution in [2.24, 2.45) is 11.8 Å². The van der Waals surface area contributed by atoms with E-state index < -0.39 is 0 Å². The molecule has 0 spiro atoms. The van der Waals surface area contributed by atoms with Crippen molar-refractivity contribution >= 4 is 17.7 Å². The van der Waals surface area contributed by atoms with Gasteiger partial charge in [-0.1, -0.05) is 24.3 Å². The van der Waals surface area contributed by atoms with E-state index in [-0.39, 0.29) is 35.6 Å². The van der Waals surface area contributed by atoms with Gasteiger partial charge < -0.3 is 19.5 Å². The molecule has 1 aromatic heterocycles. The van der Waals surface area contributed by atoms with Crippen LogP contribution in [0.3, 0.4) is 0 Å². The zero-order valence-electron chi connectivity index (χ0n) is 18.9. The van der Waals surface area contributed by atoms with Crippen LogP contribution in [0.2, 0.25) is 0 Å². The Morgan fingerprint density at radius 3 is 2.67 bits per heavy atom. The summed E-state index contributed by atoms with van der Waals surface area (Å²) >= 11 is 0. The second kappa shape index (κ2) is 9.41. The molecule has 0 bridgehead atoms. The average molecular weight is 450 g/mol. The molecule has 7 heteroatoms. The van der Waals surface area contributed by atoms with E-state index in [0.29, 0.717) is 44.6 Å². The second-order valence-electron chi connectivity index (χ2n) is 9.48. The molecule has 3 aliphatic rings. The van der Waals surface area contributed by atoms with E-state index in [1.54, 1.807) is 6.07 Å². The smallest absolute Gasteiger partial charge is 0.257 e. The molecule has 2 aromatic rings. The first-order valence-corrected chi connectivity index (χ1v) is 12.1. The van der Waals surface area contributed by atoms with Crippen molar-refractivity contribution in [1.82, 2.24) is 15.1 Å². The van der Waals surface area contributed by atoms with Crippen LogP contribution in [-0.4, -0.2) is 53.2 Å². The van der Waals surface area contributed by atoms with E-state index in [0.717, 1.165) is 25.7 Å². The molecule has 0 unspecified atom stereocenters. The van der Waals surface area contributed by atoms with Gasteiger partial charge in [-0.15, -0.1) is 0 Å². The molecule has 5 rings (SSSR count). The van der Waals surface area contributed by atoms with Crippen LogP contribution < -0.4 is 5.32 Å². The van der Waals surface area contributed by atoms with Crippen LogP contribution in [0.4, 0.5) is 0 Å². The lowest BCUT2D eigenvalue weighted by Gasteiger charge is -2.33. The van der Waals surface area contributed by atoms with Gasteiger partial charge >= 0.3 is 0 Å². The van der Waals surface area contributed by atoms with Crippen molar-refractivity contribution in [1.29, 1.82) is 0 Å². The highest BCUT2D eigenvalue weighted by atomic mass is 16.3. The number of nitrogens with one attached hydrogen (secondary N) is 1. The van der Waals surface area contributed by atoms with Crippen LogP contribution >= 0.6 is 0 Å². The van der Waals surface area contributed by atoms with Crippen LogP contribution in [0.5, 0.6) is 0 Å². The summed E-state index contributed by atoms with van der Waals surface area (Å²) in [6.07, 6.45) is 7.54. The molecule has 1 aromatic carbocycles. The minimum absolute atomic E-state index is 0.0359. The first-order valence-electron chi connectivity index (χ1n) is 12.1. The van der Waals surface area contributed by atoms with Gasteiger partial charge in [0.25, 0.3) is 5.91 Å². The number of hydrogen-bond donors (Lipinski definition) is 1. The molecule has 1 saturated heterocycles. The van der Waals surface area contributed by atoms with E-state index in [1.807, 2.05) is 21.9 Å². The molecule has 2 fully saturated rings. The molecule has 3 heterocycles. The van der Waals surface area contributed by atoms with Crippen molar-refractivity contribution in [2.75, 3.05) is 19.6 Å². The number of carbonyl (C=O) groups is 3. The Labute approximate surface area is 194 Å². The number of hydrogen-bond acceptors (Lipinski definition) is 4. The monoisotopic (exact) mass is 449 g/mol. The Bertz CT molecular complexity index is 1020. The molecule has 2 aliphatic heterocycles. The third-order valence-electron chi connectivity index (χ3n) is 7.46.